The number of rotatable bonds is 3. The highest BCUT2D eigenvalue weighted by molar-refractivity contribution is 5.83. The molecule has 0 aromatic carbocycles. The molecule has 1 fully saturated rings. The van der Waals surface area contributed by atoms with E-state index in [9.17, 15) is 13.2 Å². The molecule has 1 atom stereocenters. The van der Waals surface area contributed by atoms with Crippen molar-refractivity contribution in [3.05, 3.63) is 0 Å². The minimum absolute atomic E-state index is 0.327. The lowest BCUT2D eigenvalue weighted by atomic mass is 10.0. The Bertz CT molecular complexity index is 318. The van der Waals surface area contributed by atoms with E-state index in [1.165, 1.54) is 0 Å². The number of morpholine rings is 1. The largest absolute Gasteiger partial charge is 0.409 e. The van der Waals surface area contributed by atoms with Crippen LogP contribution in [0.2, 0.25) is 0 Å². The van der Waals surface area contributed by atoms with Crippen LogP contribution in [0.25, 0.3) is 0 Å². The Balaban J connectivity index is 2.73. The van der Waals surface area contributed by atoms with E-state index >= 15 is 0 Å². The summed E-state index contributed by atoms with van der Waals surface area (Å²) in [6, 6.07) is 0. The van der Waals surface area contributed by atoms with Gasteiger partial charge in [0.25, 0.3) is 0 Å². The van der Waals surface area contributed by atoms with Gasteiger partial charge in [0.2, 0.25) is 0 Å². The molecular weight excluding hydrogens is 251 g/mol. The van der Waals surface area contributed by atoms with E-state index in [1.807, 2.05) is 13.8 Å². The third kappa shape index (κ3) is 4.02. The van der Waals surface area contributed by atoms with Crippen molar-refractivity contribution in [3.8, 4) is 0 Å². The normalized spacial score (nSPS) is 23.9. The molecule has 5 nitrogen and oxygen atoms in total. The lowest BCUT2D eigenvalue weighted by molar-refractivity contribution is -0.167. The van der Waals surface area contributed by atoms with Gasteiger partial charge >= 0.3 is 6.18 Å². The zero-order chi connectivity index (χ0) is 14.0. The zero-order valence-electron chi connectivity index (χ0n) is 10.4. The third-order valence-corrected chi connectivity index (χ3v) is 2.81. The van der Waals surface area contributed by atoms with Gasteiger partial charge in [0, 0.05) is 19.6 Å². The van der Waals surface area contributed by atoms with Gasteiger partial charge in [-0.25, -0.2) is 0 Å². The Kier molecular flexibility index (Phi) is 4.44. The van der Waals surface area contributed by atoms with Crippen LogP contribution in [0, 0.1) is 5.92 Å². The van der Waals surface area contributed by atoms with Crippen molar-refractivity contribution in [2.45, 2.75) is 25.6 Å². The van der Waals surface area contributed by atoms with E-state index < -0.39 is 23.5 Å². The van der Waals surface area contributed by atoms with Crippen molar-refractivity contribution in [1.82, 2.24) is 4.90 Å². The van der Waals surface area contributed by atoms with Gasteiger partial charge in [-0.2, -0.15) is 13.2 Å². The molecule has 106 valence electrons. The van der Waals surface area contributed by atoms with Crippen LogP contribution >= 0.6 is 0 Å². The van der Waals surface area contributed by atoms with Crippen molar-refractivity contribution < 1.29 is 23.1 Å². The number of hydrogen-bond donors (Lipinski definition) is 2. The lowest BCUT2D eigenvalue weighted by Crippen LogP contribution is -2.53. The first-order valence-corrected chi connectivity index (χ1v) is 5.56. The van der Waals surface area contributed by atoms with Crippen molar-refractivity contribution in [3.63, 3.8) is 0 Å². The van der Waals surface area contributed by atoms with Gasteiger partial charge in [-0.15, -0.1) is 0 Å². The number of ether oxygens (including phenoxy) is 1. The predicted molar refractivity (Wildman–Crippen MR) is 59.4 cm³/mol. The van der Waals surface area contributed by atoms with E-state index in [-0.39, 0.29) is 6.54 Å². The molecule has 1 unspecified atom stereocenters. The topological polar surface area (TPSA) is 71.1 Å². The van der Waals surface area contributed by atoms with Crippen LogP contribution in [-0.2, 0) is 4.74 Å². The highest BCUT2D eigenvalue weighted by atomic mass is 19.4. The fraction of sp³-hybridized carbons (Fsp3) is 0.900. The molecule has 1 rings (SSSR count). The highest BCUT2D eigenvalue weighted by Crippen LogP contribution is 2.28. The highest BCUT2D eigenvalue weighted by Gasteiger charge is 2.44. The van der Waals surface area contributed by atoms with E-state index in [0.29, 0.717) is 19.7 Å². The standard InChI is InChI=1S/C10H18F3N3O2/c1-9(2)6-16(3-4-18-9)5-7(8(14)15-17)10(11,12)13/h7,17H,3-6H2,1-2H3,(H2,14,15). The molecule has 0 radical (unpaired) electrons. The molecule has 1 aliphatic rings. The fourth-order valence-corrected chi connectivity index (χ4v) is 1.96. The summed E-state index contributed by atoms with van der Waals surface area (Å²) in [5.74, 6) is -2.77. The summed E-state index contributed by atoms with van der Waals surface area (Å²) >= 11 is 0. The minimum atomic E-state index is -4.53. The first-order chi connectivity index (χ1) is 8.15. The van der Waals surface area contributed by atoms with E-state index in [0.717, 1.165) is 0 Å². The Hall–Kier alpha value is -1.02. The molecule has 1 heterocycles. The van der Waals surface area contributed by atoms with Crippen LogP contribution in [-0.4, -0.2) is 54.0 Å². The average Bonchev–Trinajstić information content (AvgIpc) is 2.22. The summed E-state index contributed by atoms with van der Waals surface area (Å²) in [6.07, 6.45) is -4.53. The molecule has 0 aliphatic carbocycles. The number of oxime groups is 1. The van der Waals surface area contributed by atoms with Gasteiger partial charge in [-0.1, -0.05) is 5.16 Å². The molecule has 18 heavy (non-hydrogen) atoms. The number of nitrogens with zero attached hydrogens (tertiary/aromatic N) is 2. The SMILES string of the molecule is CC1(C)CN(CC(C(N)=NO)C(F)(F)F)CCO1. The molecule has 0 amide bonds. The average molecular weight is 269 g/mol. The molecule has 3 N–H and O–H groups in total. The van der Waals surface area contributed by atoms with Gasteiger partial charge < -0.3 is 15.7 Å². The van der Waals surface area contributed by atoms with Crippen LogP contribution in [0.4, 0.5) is 13.2 Å². The second-order valence-corrected chi connectivity index (χ2v) is 4.96. The Morgan fingerprint density at radius 2 is 2.17 bits per heavy atom. The van der Waals surface area contributed by atoms with Crippen molar-refractivity contribution in [1.29, 1.82) is 0 Å². The summed E-state index contributed by atoms with van der Waals surface area (Å²) in [4.78, 5) is 1.61. The van der Waals surface area contributed by atoms with Gasteiger partial charge in [-0.05, 0) is 13.8 Å². The molecule has 0 bridgehead atoms. The van der Waals surface area contributed by atoms with E-state index in [2.05, 4.69) is 5.16 Å². The summed E-state index contributed by atoms with van der Waals surface area (Å²) in [7, 11) is 0. The number of amidine groups is 1. The second kappa shape index (κ2) is 5.31. The summed E-state index contributed by atoms with van der Waals surface area (Å²) in [5.41, 5.74) is 4.62. The summed E-state index contributed by atoms with van der Waals surface area (Å²) in [5, 5.41) is 10.9. The van der Waals surface area contributed by atoms with Gasteiger partial charge in [-0.3, -0.25) is 4.90 Å². The Morgan fingerprint density at radius 3 is 2.61 bits per heavy atom. The molecule has 0 aromatic heterocycles. The smallest absolute Gasteiger partial charge is 0.400 e. The Morgan fingerprint density at radius 1 is 1.56 bits per heavy atom. The quantitative estimate of drug-likeness (QED) is 0.347. The van der Waals surface area contributed by atoms with Crippen LogP contribution in [0.1, 0.15) is 13.8 Å². The molecule has 1 aliphatic heterocycles. The lowest BCUT2D eigenvalue weighted by Gasteiger charge is -2.39. The zero-order valence-corrected chi connectivity index (χ0v) is 10.4. The molecule has 0 spiro atoms. The fourth-order valence-electron chi connectivity index (χ4n) is 1.96. The van der Waals surface area contributed by atoms with Gasteiger partial charge in [0.15, 0.2) is 5.84 Å². The summed E-state index contributed by atoms with van der Waals surface area (Å²) in [6.45, 7) is 4.43. The van der Waals surface area contributed by atoms with Crippen LogP contribution < -0.4 is 5.73 Å². The van der Waals surface area contributed by atoms with Crippen LogP contribution in [0.3, 0.4) is 0 Å². The van der Waals surface area contributed by atoms with Crippen molar-refractivity contribution >= 4 is 5.84 Å². The first-order valence-electron chi connectivity index (χ1n) is 5.56. The number of alkyl halides is 3. The van der Waals surface area contributed by atoms with Gasteiger partial charge in [0.05, 0.1) is 12.2 Å². The van der Waals surface area contributed by atoms with E-state index in [4.69, 9.17) is 15.7 Å². The van der Waals surface area contributed by atoms with Crippen LogP contribution in [0.15, 0.2) is 5.16 Å². The first kappa shape index (κ1) is 15.0. The molecule has 1 saturated heterocycles. The Labute approximate surface area is 103 Å². The number of hydrogen-bond acceptors (Lipinski definition) is 4. The maximum Gasteiger partial charge on any atom is 0.400 e. The monoisotopic (exact) mass is 269 g/mol. The molecule has 0 aromatic rings. The van der Waals surface area contributed by atoms with E-state index in [1.54, 1.807) is 4.90 Å². The molecule has 0 saturated carbocycles. The maximum atomic E-state index is 12.8. The summed E-state index contributed by atoms with van der Waals surface area (Å²) < 4.78 is 43.7. The maximum absolute atomic E-state index is 12.8. The minimum Gasteiger partial charge on any atom is -0.409 e. The second-order valence-electron chi connectivity index (χ2n) is 4.96. The third-order valence-electron chi connectivity index (χ3n) is 2.81. The molecular formula is C10H18F3N3O2. The number of halogens is 3. The molecule has 8 heteroatoms. The van der Waals surface area contributed by atoms with Crippen molar-refractivity contribution in [2.75, 3.05) is 26.2 Å². The van der Waals surface area contributed by atoms with Gasteiger partial charge in [0.1, 0.15) is 5.92 Å². The van der Waals surface area contributed by atoms with Crippen LogP contribution in [0.5, 0.6) is 0 Å². The number of nitrogens with two attached hydrogens (primary N) is 1. The predicted octanol–water partition coefficient (Wildman–Crippen LogP) is 1.02. The van der Waals surface area contributed by atoms with Crippen molar-refractivity contribution in [2.24, 2.45) is 16.8 Å².